The lowest BCUT2D eigenvalue weighted by atomic mass is 10.0. The predicted molar refractivity (Wildman–Crippen MR) is 99.2 cm³/mol. The summed E-state index contributed by atoms with van der Waals surface area (Å²) in [4.78, 5) is 4.63. The number of guanidine groups is 1. The lowest BCUT2D eigenvalue weighted by Crippen LogP contribution is -2.24. The zero-order chi connectivity index (χ0) is 15.0. The Morgan fingerprint density at radius 3 is 2.33 bits per heavy atom. The highest BCUT2D eigenvalue weighted by Crippen LogP contribution is 2.64. The van der Waals surface area contributed by atoms with Gasteiger partial charge in [-0.2, -0.15) is 0 Å². The smallest absolute Gasteiger partial charge is 0.193 e. The molecule has 4 nitrogen and oxygen atoms in total. The number of nitrogens with zero attached hydrogens (tertiary/aromatic N) is 1. The van der Waals surface area contributed by atoms with Gasteiger partial charge in [0.15, 0.2) is 5.96 Å². The van der Waals surface area contributed by atoms with Crippen molar-refractivity contribution in [2.24, 2.45) is 21.6 Å². The second-order valence-electron chi connectivity index (χ2n) is 6.58. The highest BCUT2D eigenvalue weighted by atomic mass is 127. The molecule has 0 heterocycles. The van der Waals surface area contributed by atoms with E-state index in [9.17, 15) is 0 Å². The number of nitrogens with two attached hydrogens (primary N) is 1. The number of anilines is 1. The molecule has 0 unspecified atom stereocenters. The molecule has 0 saturated heterocycles. The minimum Gasteiger partial charge on any atom is -0.380 e. The molecule has 1 aromatic carbocycles. The number of hydrogen-bond donors (Lipinski definition) is 2. The monoisotopic (exact) mass is 403 g/mol. The molecule has 1 fully saturated rings. The van der Waals surface area contributed by atoms with E-state index in [4.69, 9.17) is 10.5 Å². The van der Waals surface area contributed by atoms with Crippen molar-refractivity contribution in [1.82, 2.24) is 0 Å². The first-order chi connectivity index (χ1) is 9.30. The van der Waals surface area contributed by atoms with Gasteiger partial charge in [-0.05, 0) is 16.9 Å². The Morgan fingerprint density at radius 1 is 1.24 bits per heavy atom. The minimum atomic E-state index is 0. The first-order valence-corrected chi connectivity index (χ1v) is 6.98. The number of rotatable bonds is 4. The summed E-state index contributed by atoms with van der Waals surface area (Å²) in [5, 5.41) is 3.19. The van der Waals surface area contributed by atoms with E-state index in [1.165, 1.54) is 0 Å². The largest absolute Gasteiger partial charge is 0.380 e. The van der Waals surface area contributed by atoms with Crippen molar-refractivity contribution in [3.05, 3.63) is 29.8 Å². The molecule has 1 aliphatic rings. The number of benzene rings is 1. The van der Waals surface area contributed by atoms with Gasteiger partial charge in [0.05, 0.1) is 12.6 Å². The Labute approximate surface area is 144 Å². The third-order valence-corrected chi connectivity index (χ3v) is 4.79. The highest BCUT2D eigenvalue weighted by Gasteiger charge is 2.65. The molecular formula is C16H26IN3O. The van der Waals surface area contributed by atoms with E-state index in [1.807, 2.05) is 24.3 Å². The lowest BCUT2D eigenvalue weighted by Gasteiger charge is -2.11. The van der Waals surface area contributed by atoms with Crippen molar-refractivity contribution in [2.75, 3.05) is 12.4 Å². The van der Waals surface area contributed by atoms with Crippen LogP contribution in [0.15, 0.2) is 29.3 Å². The minimum absolute atomic E-state index is 0. The maximum atomic E-state index is 6.05. The topological polar surface area (TPSA) is 59.6 Å². The second kappa shape index (κ2) is 6.52. The second-order valence-corrected chi connectivity index (χ2v) is 6.58. The number of hydrogen-bond acceptors (Lipinski definition) is 2. The molecule has 5 heteroatoms. The molecule has 0 aliphatic heterocycles. The number of nitrogens with one attached hydrogen (secondary N) is 1. The van der Waals surface area contributed by atoms with Crippen LogP contribution < -0.4 is 11.1 Å². The van der Waals surface area contributed by atoms with E-state index < -0.39 is 0 Å². The van der Waals surface area contributed by atoms with Crippen LogP contribution in [0.25, 0.3) is 0 Å². The summed E-state index contributed by atoms with van der Waals surface area (Å²) in [7, 11) is 1.68. The molecule has 3 N–H and O–H groups in total. The molecule has 1 aliphatic carbocycles. The average molecular weight is 403 g/mol. The van der Waals surface area contributed by atoms with Gasteiger partial charge in [0.2, 0.25) is 0 Å². The predicted octanol–water partition coefficient (Wildman–Crippen LogP) is 3.61. The van der Waals surface area contributed by atoms with Gasteiger partial charge >= 0.3 is 0 Å². The highest BCUT2D eigenvalue weighted by molar-refractivity contribution is 14.0. The molecule has 118 valence electrons. The first kappa shape index (κ1) is 18.2. The van der Waals surface area contributed by atoms with Gasteiger partial charge < -0.3 is 15.8 Å². The van der Waals surface area contributed by atoms with Crippen LogP contribution >= 0.6 is 24.0 Å². The molecule has 21 heavy (non-hydrogen) atoms. The fourth-order valence-corrected chi connectivity index (χ4v) is 2.72. The van der Waals surface area contributed by atoms with Crippen LogP contribution in [0.2, 0.25) is 0 Å². The molecule has 0 atom stereocenters. The van der Waals surface area contributed by atoms with Crippen LogP contribution in [0.1, 0.15) is 33.3 Å². The number of ether oxygens (including phenoxy) is 1. The summed E-state index contributed by atoms with van der Waals surface area (Å²) >= 11 is 0. The van der Waals surface area contributed by atoms with Gasteiger partial charge in [0.25, 0.3) is 0 Å². The number of halogens is 1. The molecule has 2 rings (SSSR count). The molecule has 0 spiro atoms. The van der Waals surface area contributed by atoms with Gasteiger partial charge in [-0.3, -0.25) is 0 Å². The van der Waals surface area contributed by atoms with E-state index in [2.05, 4.69) is 38.0 Å². The summed E-state index contributed by atoms with van der Waals surface area (Å²) < 4.78 is 5.19. The Hall–Kier alpha value is -0.820. The van der Waals surface area contributed by atoms with Gasteiger partial charge in [-0.1, -0.05) is 45.9 Å². The zero-order valence-electron chi connectivity index (χ0n) is 13.4. The fourth-order valence-electron chi connectivity index (χ4n) is 2.72. The van der Waals surface area contributed by atoms with E-state index in [0.29, 0.717) is 12.6 Å². The van der Waals surface area contributed by atoms with Crippen molar-refractivity contribution in [1.29, 1.82) is 0 Å². The quantitative estimate of drug-likeness (QED) is 0.459. The Kier molecular flexibility index (Phi) is 5.66. The van der Waals surface area contributed by atoms with Crippen molar-refractivity contribution >= 4 is 35.6 Å². The summed E-state index contributed by atoms with van der Waals surface area (Å²) in [6.07, 6.45) is 0. The normalized spacial score (nSPS) is 19.8. The van der Waals surface area contributed by atoms with Gasteiger partial charge in [-0.15, -0.1) is 24.0 Å². The SMILES string of the molecule is COCc1ccccc1NC(N)=NC1C(C)(C)C1(C)C.I. The molecule has 0 amide bonds. The van der Waals surface area contributed by atoms with Crippen LogP contribution in [0.4, 0.5) is 5.69 Å². The summed E-state index contributed by atoms with van der Waals surface area (Å²) in [5.74, 6) is 0.470. The number of para-hydroxylation sites is 1. The third-order valence-electron chi connectivity index (χ3n) is 4.79. The number of aliphatic imine (C=N–C) groups is 1. The summed E-state index contributed by atoms with van der Waals surface area (Å²) in [5.41, 5.74) is 8.47. The van der Waals surface area contributed by atoms with E-state index >= 15 is 0 Å². The maximum Gasteiger partial charge on any atom is 0.193 e. The van der Waals surface area contributed by atoms with E-state index in [-0.39, 0.29) is 40.8 Å². The van der Waals surface area contributed by atoms with Gasteiger partial charge in [0.1, 0.15) is 0 Å². The molecule has 0 radical (unpaired) electrons. The molecule has 1 aromatic rings. The summed E-state index contributed by atoms with van der Waals surface area (Å²) in [6.45, 7) is 9.47. The van der Waals surface area contributed by atoms with Gasteiger partial charge in [0, 0.05) is 18.4 Å². The average Bonchev–Trinajstić information content (AvgIpc) is 2.74. The van der Waals surface area contributed by atoms with Crippen LogP contribution in [0.3, 0.4) is 0 Å². The molecule has 0 aromatic heterocycles. The van der Waals surface area contributed by atoms with Crippen molar-refractivity contribution in [2.45, 2.75) is 40.3 Å². The van der Waals surface area contributed by atoms with E-state index in [1.54, 1.807) is 7.11 Å². The molecule has 1 saturated carbocycles. The van der Waals surface area contributed by atoms with Crippen molar-refractivity contribution in [3.8, 4) is 0 Å². The zero-order valence-corrected chi connectivity index (χ0v) is 15.8. The van der Waals surface area contributed by atoms with Gasteiger partial charge in [-0.25, -0.2) is 4.99 Å². The fraction of sp³-hybridized carbons (Fsp3) is 0.562. The van der Waals surface area contributed by atoms with Crippen LogP contribution in [-0.2, 0) is 11.3 Å². The van der Waals surface area contributed by atoms with Crippen molar-refractivity contribution < 1.29 is 4.74 Å². The maximum absolute atomic E-state index is 6.05. The number of methoxy groups -OCH3 is 1. The third kappa shape index (κ3) is 3.51. The molecular weight excluding hydrogens is 377 g/mol. The molecule has 0 bridgehead atoms. The first-order valence-electron chi connectivity index (χ1n) is 6.98. The summed E-state index contributed by atoms with van der Waals surface area (Å²) in [6, 6.07) is 8.22. The van der Waals surface area contributed by atoms with Crippen LogP contribution in [-0.4, -0.2) is 19.1 Å². The van der Waals surface area contributed by atoms with E-state index in [0.717, 1.165) is 11.3 Å². The Balaban J connectivity index is 0.00000220. The Morgan fingerprint density at radius 2 is 1.81 bits per heavy atom. The van der Waals surface area contributed by atoms with Crippen LogP contribution in [0, 0.1) is 10.8 Å². The van der Waals surface area contributed by atoms with Crippen molar-refractivity contribution in [3.63, 3.8) is 0 Å². The van der Waals surface area contributed by atoms with Crippen LogP contribution in [0.5, 0.6) is 0 Å². The standard InChI is InChI=1S/C16H25N3O.HI/c1-15(2)13(16(15,3)4)19-14(17)18-12-9-7-6-8-11(12)10-20-5;/h6-9,13H,10H2,1-5H3,(H3,17,18,19);1H. The lowest BCUT2D eigenvalue weighted by molar-refractivity contribution is 0.185. The Bertz CT molecular complexity index is 512.